The molecule has 116 valence electrons. The molecule has 0 aliphatic heterocycles. The summed E-state index contributed by atoms with van der Waals surface area (Å²) in [6, 6.07) is 9.91. The van der Waals surface area contributed by atoms with Crippen LogP contribution in [0.15, 0.2) is 46.0 Å². The van der Waals surface area contributed by atoms with Gasteiger partial charge in [0.15, 0.2) is 6.61 Å². The first-order valence-electron chi connectivity index (χ1n) is 6.80. The summed E-state index contributed by atoms with van der Waals surface area (Å²) >= 11 is 3.09. The Labute approximate surface area is 137 Å². The summed E-state index contributed by atoms with van der Waals surface area (Å²) in [5, 5.41) is 6.21. The quantitative estimate of drug-likeness (QED) is 0.480. The molecule has 2 aromatic rings. The SMILES string of the molecule is Cc1ccc(SCCNC(=O)COC(=O)c2ccsc2)cc1. The molecule has 2 rings (SSSR count). The number of thioether (sulfide) groups is 1. The first-order valence-corrected chi connectivity index (χ1v) is 8.73. The fourth-order valence-electron chi connectivity index (χ4n) is 1.64. The number of aryl methyl sites for hydroxylation is 1. The minimum Gasteiger partial charge on any atom is -0.452 e. The highest BCUT2D eigenvalue weighted by Crippen LogP contribution is 2.17. The third-order valence-corrected chi connectivity index (χ3v) is 4.50. The van der Waals surface area contributed by atoms with E-state index < -0.39 is 5.97 Å². The second-order valence-corrected chi connectivity index (χ2v) is 6.55. The lowest BCUT2D eigenvalue weighted by Gasteiger charge is -2.06. The van der Waals surface area contributed by atoms with E-state index in [-0.39, 0.29) is 12.5 Å². The lowest BCUT2D eigenvalue weighted by Crippen LogP contribution is -2.30. The molecular weight excluding hydrogens is 318 g/mol. The van der Waals surface area contributed by atoms with Gasteiger partial charge < -0.3 is 10.1 Å². The van der Waals surface area contributed by atoms with Crippen molar-refractivity contribution in [3.8, 4) is 0 Å². The van der Waals surface area contributed by atoms with E-state index in [4.69, 9.17) is 4.74 Å². The molecule has 0 bridgehead atoms. The summed E-state index contributed by atoms with van der Waals surface area (Å²) in [7, 11) is 0. The lowest BCUT2D eigenvalue weighted by atomic mass is 10.2. The van der Waals surface area contributed by atoms with Gasteiger partial charge in [0.2, 0.25) is 0 Å². The highest BCUT2D eigenvalue weighted by molar-refractivity contribution is 7.99. The second kappa shape index (κ2) is 8.60. The van der Waals surface area contributed by atoms with Gasteiger partial charge in [0, 0.05) is 22.6 Å². The van der Waals surface area contributed by atoms with Crippen molar-refractivity contribution in [3.63, 3.8) is 0 Å². The summed E-state index contributed by atoms with van der Waals surface area (Å²) in [4.78, 5) is 24.3. The molecule has 0 aliphatic rings. The lowest BCUT2D eigenvalue weighted by molar-refractivity contribution is -0.124. The topological polar surface area (TPSA) is 55.4 Å². The molecule has 0 unspecified atom stereocenters. The number of amides is 1. The average molecular weight is 335 g/mol. The predicted octanol–water partition coefficient (Wildman–Crippen LogP) is 3.12. The summed E-state index contributed by atoms with van der Waals surface area (Å²) in [6.07, 6.45) is 0. The molecule has 0 fully saturated rings. The number of ether oxygens (including phenoxy) is 1. The van der Waals surface area contributed by atoms with Crippen LogP contribution < -0.4 is 5.32 Å². The molecule has 1 amide bonds. The van der Waals surface area contributed by atoms with Crippen molar-refractivity contribution in [1.29, 1.82) is 0 Å². The van der Waals surface area contributed by atoms with Crippen LogP contribution in [0.5, 0.6) is 0 Å². The molecule has 1 aromatic heterocycles. The normalized spacial score (nSPS) is 10.2. The van der Waals surface area contributed by atoms with Gasteiger partial charge in [0.05, 0.1) is 5.56 Å². The van der Waals surface area contributed by atoms with Crippen LogP contribution in [0.1, 0.15) is 15.9 Å². The van der Waals surface area contributed by atoms with Gasteiger partial charge in [-0.1, -0.05) is 17.7 Å². The fraction of sp³-hybridized carbons (Fsp3) is 0.250. The maximum atomic E-state index is 11.6. The molecular formula is C16H17NO3S2. The van der Waals surface area contributed by atoms with Crippen molar-refractivity contribution in [1.82, 2.24) is 5.32 Å². The van der Waals surface area contributed by atoms with E-state index in [1.807, 2.05) is 6.92 Å². The van der Waals surface area contributed by atoms with Crippen molar-refractivity contribution in [2.24, 2.45) is 0 Å². The number of rotatable bonds is 7. The van der Waals surface area contributed by atoms with Gasteiger partial charge in [0.1, 0.15) is 0 Å². The van der Waals surface area contributed by atoms with Crippen LogP contribution in [0.4, 0.5) is 0 Å². The Hall–Kier alpha value is -1.79. The molecule has 0 aliphatic carbocycles. The number of benzene rings is 1. The summed E-state index contributed by atoms with van der Waals surface area (Å²) in [5.74, 6) is 0.0197. The smallest absolute Gasteiger partial charge is 0.339 e. The van der Waals surface area contributed by atoms with Crippen LogP contribution in [0, 0.1) is 6.92 Å². The first-order chi connectivity index (χ1) is 10.6. The highest BCUT2D eigenvalue weighted by Gasteiger charge is 2.09. The Balaban J connectivity index is 1.59. The van der Waals surface area contributed by atoms with Crippen molar-refractivity contribution in [3.05, 3.63) is 52.2 Å². The van der Waals surface area contributed by atoms with Gasteiger partial charge in [-0.15, -0.1) is 11.8 Å². The Morgan fingerprint density at radius 3 is 2.68 bits per heavy atom. The molecule has 22 heavy (non-hydrogen) atoms. The molecule has 0 atom stereocenters. The average Bonchev–Trinajstić information content (AvgIpc) is 3.05. The van der Waals surface area contributed by atoms with Crippen LogP contribution in [0.3, 0.4) is 0 Å². The van der Waals surface area contributed by atoms with Crippen LogP contribution >= 0.6 is 23.1 Å². The first kappa shape index (κ1) is 16.6. The minimum atomic E-state index is -0.467. The zero-order chi connectivity index (χ0) is 15.8. The number of thiophene rings is 1. The van der Waals surface area contributed by atoms with E-state index in [0.29, 0.717) is 12.1 Å². The van der Waals surface area contributed by atoms with Gasteiger partial charge in [-0.3, -0.25) is 4.79 Å². The van der Waals surface area contributed by atoms with E-state index in [1.165, 1.54) is 21.8 Å². The second-order valence-electron chi connectivity index (χ2n) is 4.60. The Kier molecular flexibility index (Phi) is 6.48. The molecule has 1 aromatic carbocycles. The van der Waals surface area contributed by atoms with Crippen LogP contribution in [0.25, 0.3) is 0 Å². The van der Waals surface area contributed by atoms with Crippen LogP contribution in [-0.2, 0) is 9.53 Å². The molecule has 1 heterocycles. The molecule has 1 N–H and O–H groups in total. The van der Waals surface area contributed by atoms with Crippen molar-refractivity contribution in [2.45, 2.75) is 11.8 Å². The number of hydrogen-bond acceptors (Lipinski definition) is 5. The van der Waals surface area contributed by atoms with E-state index in [9.17, 15) is 9.59 Å². The Bertz CT molecular complexity index is 609. The van der Waals surface area contributed by atoms with Crippen LogP contribution in [0.2, 0.25) is 0 Å². The van der Waals surface area contributed by atoms with Crippen molar-refractivity contribution < 1.29 is 14.3 Å². The van der Waals surface area contributed by atoms with Gasteiger partial charge in [-0.25, -0.2) is 4.79 Å². The molecule has 0 radical (unpaired) electrons. The summed E-state index contributed by atoms with van der Waals surface area (Å²) in [6.45, 7) is 2.34. The highest BCUT2D eigenvalue weighted by atomic mass is 32.2. The van der Waals surface area contributed by atoms with Gasteiger partial charge in [-0.05, 0) is 30.5 Å². The number of carbonyl (C=O) groups excluding carboxylic acids is 2. The molecule has 6 heteroatoms. The van der Waals surface area contributed by atoms with Gasteiger partial charge >= 0.3 is 5.97 Å². The number of carbonyl (C=O) groups is 2. The van der Waals surface area contributed by atoms with E-state index in [2.05, 4.69) is 29.6 Å². The predicted molar refractivity (Wildman–Crippen MR) is 89.5 cm³/mol. The van der Waals surface area contributed by atoms with Gasteiger partial charge in [-0.2, -0.15) is 11.3 Å². The molecule has 4 nitrogen and oxygen atoms in total. The maximum Gasteiger partial charge on any atom is 0.339 e. The van der Waals surface area contributed by atoms with E-state index >= 15 is 0 Å². The zero-order valence-corrected chi connectivity index (χ0v) is 13.8. The number of hydrogen-bond donors (Lipinski definition) is 1. The largest absolute Gasteiger partial charge is 0.452 e. The van der Waals surface area contributed by atoms with E-state index in [1.54, 1.807) is 28.6 Å². The van der Waals surface area contributed by atoms with Crippen LogP contribution in [-0.4, -0.2) is 30.8 Å². The molecule has 0 saturated heterocycles. The third kappa shape index (κ3) is 5.54. The minimum absolute atomic E-state index is 0.246. The maximum absolute atomic E-state index is 11.6. The number of esters is 1. The van der Waals surface area contributed by atoms with Crippen molar-refractivity contribution >= 4 is 35.0 Å². The summed E-state index contributed by atoms with van der Waals surface area (Å²) in [5.41, 5.74) is 1.71. The Morgan fingerprint density at radius 1 is 1.23 bits per heavy atom. The zero-order valence-electron chi connectivity index (χ0n) is 12.2. The number of nitrogens with one attached hydrogen (secondary N) is 1. The van der Waals surface area contributed by atoms with Gasteiger partial charge in [0.25, 0.3) is 5.91 Å². The molecule has 0 saturated carbocycles. The van der Waals surface area contributed by atoms with Crippen molar-refractivity contribution in [2.75, 3.05) is 18.9 Å². The fourth-order valence-corrected chi connectivity index (χ4v) is 3.03. The standard InChI is InChI=1S/C16H17NO3S2/c1-12-2-4-14(5-3-12)22-9-7-17-15(18)10-20-16(19)13-6-8-21-11-13/h2-6,8,11H,7,9-10H2,1H3,(H,17,18). The summed E-state index contributed by atoms with van der Waals surface area (Å²) < 4.78 is 4.93. The monoisotopic (exact) mass is 335 g/mol. The third-order valence-electron chi connectivity index (χ3n) is 2.81. The molecule has 0 spiro atoms. The Morgan fingerprint density at radius 2 is 2.00 bits per heavy atom. The van der Waals surface area contributed by atoms with E-state index in [0.717, 1.165) is 5.75 Å².